The molecule has 9 nitrogen and oxygen atoms in total. The quantitative estimate of drug-likeness (QED) is 0.558. The molecule has 0 saturated heterocycles. The number of hydrogen-bond acceptors (Lipinski definition) is 6. The third kappa shape index (κ3) is 8.81. The molecule has 1 aliphatic rings. The average molecular weight is 417 g/mol. The molecule has 0 aromatic rings. The fourth-order valence-corrected chi connectivity index (χ4v) is 3.49. The Morgan fingerprint density at radius 1 is 1.36 bits per heavy atom. The number of urea groups is 1. The predicted octanol–water partition coefficient (Wildman–Crippen LogP) is 2.17. The summed E-state index contributed by atoms with van der Waals surface area (Å²) in [6.07, 6.45) is -0.582. The molecule has 0 spiro atoms. The van der Waals surface area contributed by atoms with Gasteiger partial charge in [-0.15, -0.1) is 11.8 Å². The van der Waals surface area contributed by atoms with Crippen LogP contribution in [0.3, 0.4) is 0 Å². The molecule has 0 aromatic carbocycles. The highest BCUT2D eigenvalue weighted by Gasteiger charge is 2.26. The maximum absolute atomic E-state index is 12.3. The van der Waals surface area contributed by atoms with E-state index in [-0.39, 0.29) is 19.0 Å². The summed E-state index contributed by atoms with van der Waals surface area (Å²) in [5.74, 6) is 0.0140. The lowest BCUT2D eigenvalue weighted by Gasteiger charge is -2.23. The molecule has 1 aliphatic heterocycles. The molecule has 0 saturated carbocycles. The number of ether oxygens (including phenoxy) is 1. The molecule has 28 heavy (non-hydrogen) atoms. The van der Waals surface area contributed by atoms with E-state index in [9.17, 15) is 19.5 Å². The van der Waals surface area contributed by atoms with Crippen molar-refractivity contribution in [1.29, 1.82) is 0 Å². The van der Waals surface area contributed by atoms with Crippen LogP contribution in [0, 0.1) is 5.92 Å². The van der Waals surface area contributed by atoms with Crippen LogP contribution in [0.25, 0.3) is 0 Å². The van der Waals surface area contributed by atoms with Crippen molar-refractivity contribution in [3.05, 3.63) is 0 Å². The monoisotopic (exact) mass is 416 g/mol. The minimum Gasteiger partial charge on any atom is -0.480 e. The Labute approximate surface area is 170 Å². The number of carbonyl (C=O) groups excluding carboxylic acids is 2. The number of nitrogens with zero attached hydrogens (tertiary/aromatic N) is 2. The number of alkyl carbamates (subject to hydrolysis) is 1. The van der Waals surface area contributed by atoms with Gasteiger partial charge in [0, 0.05) is 31.8 Å². The normalized spacial score (nSPS) is 17.7. The first-order valence-electron chi connectivity index (χ1n) is 9.30. The lowest BCUT2D eigenvalue weighted by atomic mass is 10.2. The van der Waals surface area contributed by atoms with E-state index >= 15 is 0 Å². The maximum atomic E-state index is 12.3. The van der Waals surface area contributed by atoms with Crippen molar-refractivity contribution in [3.8, 4) is 0 Å². The van der Waals surface area contributed by atoms with E-state index in [0.717, 1.165) is 10.8 Å². The molecule has 1 heterocycles. The van der Waals surface area contributed by atoms with Crippen LogP contribution in [0.1, 0.15) is 41.0 Å². The highest BCUT2D eigenvalue weighted by molar-refractivity contribution is 8.14. The minimum absolute atomic E-state index is 0.00950. The maximum Gasteiger partial charge on any atom is 0.407 e. The van der Waals surface area contributed by atoms with Crippen LogP contribution in [0.5, 0.6) is 0 Å². The van der Waals surface area contributed by atoms with E-state index in [1.807, 2.05) is 0 Å². The summed E-state index contributed by atoms with van der Waals surface area (Å²) >= 11 is 1.69. The molecule has 0 bridgehead atoms. The summed E-state index contributed by atoms with van der Waals surface area (Å²) in [6.45, 7) is 9.84. The van der Waals surface area contributed by atoms with Crippen molar-refractivity contribution in [3.63, 3.8) is 0 Å². The van der Waals surface area contributed by atoms with Crippen LogP contribution < -0.4 is 10.6 Å². The number of aliphatic carboxylic acids is 1. The van der Waals surface area contributed by atoms with Gasteiger partial charge in [0.15, 0.2) is 0 Å². The summed E-state index contributed by atoms with van der Waals surface area (Å²) in [4.78, 5) is 41.4. The predicted molar refractivity (Wildman–Crippen MR) is 110 cm³/mol. The highest BCUT2D eigenvalue weighted by Crippen LogP contribution is 2.23. The van der Waals surface area contributed by atoms with Gasteiger partial charge >= 0.3 is 18.1 Å². The fourth-order valence-electron chi connectivity index (χ4n) is 2.39. The second-order valence-corrected chi connectivity index (χ2v) is 9.07. The van der Waals surface area contributed by atoms with Crippen LogP contribution in [0.4, 0.5) is 9.59 Å². The van der Waals surface area contributed by atoms with Gasteiger partial charge in [-0.25, -0.2) is 14.4 Å². The van der Waals surface area contributed by atoms with Gasteiger partial charge in [0.1, 0.15) is 11.6 Å². The van der Waals surface area contributed by atoms with Gasteiger partial charge in [0.2, 0.25) is 0 Å². The van der Waals surface area contributed by atoms with Crippen LogP contribution in [-0.2, 0) is 9.53 Å². The van der Waals surface area contributed by atoms with Crippen LogP contribution in [-0.4, -0.2) is 76.7 Å². The van der Waals surface area contributed by atoms with E-state index in [1.54, 1.807) is 39.6 Å². The second kappa shape index (κ2) is 10.5. The number of nitrogens with one attached hydrogen (secondary N) is 2. The Balaban J connectivity index is 2.47. The molecular weight excluding hydrogens is 384 g/mol. The van der Waals surface area contributed by atoms with Gasteiger partial charge < -0.3 is 25.4 Å². The highest BCUT2D eigenvalue weighted by atomic mass is 32.2. The summed E-state index contributed by atoms with van der Waals surface area (Å²) in [7, 11) is 1.61. The first kappa shape index (κ1) is 24.1. The van der Waals surface area contributed by atoms with Crippen LogP contribution in [0.2, 0.25) is 0 Å². The molecule has 160 valence electrons. The number of thioether (sulfide) groups is 1. The van der Waals surface area contributed by atoms with Gasteiger partial charge in [-0.2, -0.15) is 0 Å². The van der Waals surface area contributed by atoms with E-state index in [1.165, 1.54) is 4.90 Å². The second-order valence-electron chi connectivity index (χ2n) is 8.03. The standard InChI is InChI=1S/C18H32N4O5S/c1-11(2)14-20-12(10-28-14)9-22(6)16(25)21-13(15(23)24)7-8-19-17(26)27-18(3,4)5/h11-13H,7-10H2,1-6H3,(H,19,26)(H,21,25)(H,23,24)/t12?,13-/m0/s1. The number of rotatable bonds is 8. The zero-order valence-electron chi connectivity index (χ0n) is 17.4. The molecule has 0 fully saturated rings. The van der Waals surface area contributed by atoms with Crippen molar-refractivity contribution in [2.24, 2.45) is 10.9 Å². The molecule has 1 rings (SSSR count). The molecule has 0 aliphatic carbocycles. The average Bonchev–Trinajstić information content (AvgIpc) is 3.00. The Kier molecular flexibility index (Phi) is 9.06. The molecular formula is C18H32N4O5S. The number of aliphatic imine (C=N–C) groups is 1. The number of carbonyl (C=O) groups is 3. The number of carboxylic acids is 1. The number of likely N-dealkylation sites (N-methyl/N-ethyl adjacent to an activating group) is 1. The Morgan fingerprint density at radius 3 is 2.50 bits per heavy atom. The molecule has 3 amide bonds. The van der Waals surface area contributed by atoms with Gasteiger partial charge in [-0.1, -0.05) is 13.8 Å². The van der Waals surface area contributed by atoms with Gasteiger partial charge in [0.05, 0.1) is 11.1 Å². The number of carboxylic acid groups (broad SMARTS) is 1. The zero-order chi connectivity index (χ0) is 21.5. The molecule has 3 N–H and O–H groups in total. The third-order valence-corrected chi connectivity index (χ3v) is 5.18. The Bertz CT molecular complexity index is 603. The minimum atomic E-state index is -1.16. The van der Waals surface area contributed by atoms with Crippen LogP contribution >= 0.6 is 11.8 Å². The first-order valence-corrected chi connectivity index (χ1v) is 10.3. The molecule has 2 atom stereocenters. The molecule has 10 heteroatoms. The van der Waals surface area contributed by atoms with Crippen LogP contribution in [0.15, 0.2) is 4.99 Å². The van der Waals surface area contributed by atoms with Crippen molar-refractivity contribution >= 4 is 34.9 Å². The van der Waals surface area contributed by atoms with Crippen molar-refractivity contribution in [1.82, 2.24) is 15.5 Å². The van der Waals surface area contributed by atoms with E-state index < -0.39 is 29.7 Å². The SMILES string of the molecule is CC(C)C1=NC(CN(C)C(=O)N[C@@H](CCNC(=O)OC(C)(C)C)C(=O)O)CS1. The Hall–Kier alpha value is -1.97. The first-order chi connectivity index (χ1) is 12.9. The Morgan fingerprint density at radius 2 is 2.00 bits per heavy atom. The summed E-state index contributed by atoms with van der Waals surface area (Å²) < 4.78 is 5.09. The zero-order valence-corrected chi connectivity index (χ0v) is 18.3. The van der Waals surface area contributed by atoms with Crippen molar-refractivity contribution in [2.45, 2.75) is 58.7 Å². The van der Waals surface area contributed by atoms with Gasteiger partial charge in [-0.3, -0.25) is 4.99 Å². The van der Waals surface area contributed by atoms with Gasteiger partial charge in [-0.05, 0) is 27.2 Å². The summed E-state index contributed by atoms with van der Waals surface area (Å²) in [5, 5.41) is 15.4. The number of hydrogen-bond donors (Lipinski definition) is 3. The van der Waals surface area contributed by atoms with E-state index in [2.05, 4.69) is 29.5 Å². The largest absolute Gasteiger partial charge is 0.480 e. The molecule has 0 aromatic heterocycles. The lowest BCUT2D eigenvalue weighted by molar-refractivity contribution is -0.139. The van der Waals surface area contributed by atoms with Crippen molar-refractivity contribution in [2.75, 3.05) is 25.9 Å². The smallest absolute Gasteiger partial charge is 0.407 e. The third-order valence-electron chi connectivity index (χ3n) is 3.76. The molecule has 1 unspecified atom stereocenters. The van der Waals surface area contributed by atoms with Crippen molar-refractivity contribution < 1.29 is 24.2 Å². The molecule has 0 radical (unpaired) electrons. The van der Waals surface area contributed by atoms with E-state index in [4.69, 9.17) is 4.74 Å². The van der Waals surface area contributed by atoms with Gasteiger partial charge in [0.25, 0.3) is 0 Å². The summed E-state index contributed by atoms with van der Waals surface area (Å²) in [5.41, 5.74) is -0.635. The van der Waals surface area contributed by atoms with E-state index in [0.29, 0.717) is 12.5 Å². The lowest BCUT2D eigenvalue weighted by Crippen LogP contribution is -2.49. The fraction of sp³-hybridized carbons (Fsp3) is 0.778. The summed E-state index contributed by atoms with van der Waals surface area (Å²) in [6, 6.07) is -1.59. The topological polar surface area (TPSA) is 120 Å². The number of amides is 3.